The number of nitrogens with one attached hydrogen (secondary N) is 3. The second-order valence-electron chi connectivity index (χ2n) is 6.24. The summed E-state index contributed by atoms with van der Waals surface area (Å²) in [4.78, 5) is 36.3. The first-order valence-electron chi connectivity index (χ1n) is 8.37. The zero-order chi connectivity index (χ0) is 19.3. The minimum absolute atomic E-state index is 0.114. The van der Waals surface area contributed by atoms with E-state index in [0.29, 0.717) is 28.1 Å². The van der Waals surface area contributed by atoms with Gasteiger partial charge in [-0.25, -0.2) is 0 Å². The molecule has 0 aliphatic carbocycles. The first-order chi connectivity index (χ1) is 12.3. The third kappa shape index (κ3) is 4.47. The van der Waals surface area contributed by atoms with Crippen LogP contribution >= 0.6 is 0 Å². The Bertz CT molecular complexity index is 844. The van der Waals surface area contributed by atoms with Crippen LogP contribution in [0.1, 0.15) is 40.1 Å². The van der Waals surface area contributed by atoms with Gasteiger partial charge in [0.1, 0.15) is 0 Å². The molecule has 0 heterocycles. The van der Waals surface area contributed by atoms with E-state index in [4.69, 9.17) is 0 Å². The van der Waals surface area contributed by atoms with Crippen molar-refractivity contribution in [3.8, 4) is 0 Å². The lowest BCUT2D eigenvalue weighted by molar-refractivity contribution is -0.118. The monoisotopic (exact) mass is 353 g/mol. The van der Waals surface area contributed by atoms with Crippen molar-refractivity contribution in [1.82, 2.24) is 5.32 Å². The Kier molecular flexibility index (Phi) is 6.11. The van der Waals surface area contributed by atoms with Gasteiger partial charge in [0.15, 0.2) is 0 Å². The molecule has 0 spiro atoms. The quantitative estimate of drug-likeness (QED) is 0.771. The zero-order valence-corrected chi connectivity index (χ0v) is 15.3. The summed E-state index contributed by atoms with van der Waals surface area (Å²) in [7, 11) is 1.56. The molecular weight excluding hydrogens is 330 g/mol. The van der Waals surface area contributed by atoms with Gasteiger partial charge in [-0.1, -0.05) is 26.0 Å². The summed E-state index contributed by atoms with van der Waals surface area (Å²) in [5.74, 6) is -0.793. The topological polar surface area (TPSA) is 87.3 Å². The summed E-state index contributed by atoms with van der Waals surface area (Å²) >= 11 is 0. The zero-order valence-electron chi connectivity index (χ0n) is 15.3. The molecule has 6 nitrogen and oxygen atoms in total. The molecule has 0 saturated heterocycles. The fraction of sp³-hybridized carbons (Fsp3) is 0.250. The maximum absolute atomic E-state index is 12.6. The Morgan fingerprint density at radius 2 is 1.62 bits per heavy atom. The Labute approximate surface area is 153 Å². The average Bonchev–Trinajstić information content (AvgIpc) is 2.62. The van der Waals surface area contributed by atoms with Crippen molar-refractivity contribution in [2.24, 2.45) is 5.92 Å². The molecule has 0 atom stereocenters. The summed E-state index contributed by atoms with van der Waals surface area (Å²) in [5.41, 5.74) is 2.73. The second kappa shape index (κ2) is 8.29. The highest BCUT2D eigenvalue weighted by Crippen LogP contribution is 2.20. The number of anilines is 2. The lowest BCUT2D eigenvalue weighted by Crippen LogP contribution is -2.20. The van der Waals surface area contributed by atoms with E-state index in [2.05, 4.69) is 16.0 Å². The van der Waals surface area contributed by atoms with Crippen LogP contribution in [0.25, 0.3) is 0 Å². The Morgan fingerprint density at radius 3 is 2.27 bits per heavy atom. The predicted octanol–water partition coefficient (Wildman–Crippen LogP) is 3.20. The normalized spacial score (nSPS) is 10.3. The molecule has 0 bridgehead atoms. The van der Waals surface area contributed by atoms with Crippen LogP contribution < -0.4 is 16.0 Å². The minimum Gasteiger partial charge on any atom is -0.355 e. The first-order valence-corrected chi connectivity index (χ1v) is 8.37. The van der Waals surface area contributed by atoms with E-state index in [0.717, 1.165) is 0 Å². The van der Waals surface area contributed by atoms with Crippen LogP contribution in [0, 0.1) is 12.8 Å². The van der Waals surface area contributed by atoms with Crippen molar-refractivity contribution in [1.29, 1.82) is 0 Å². The van der Waals surface area contributed by atoms with E-state index < -0.39 is 0 Å². The Hall–Kier alpha value is -3.15. The number of hydrogen-bond acceptors (Lipinski definition) is 3. The Balaban J connectivity index is 2.21. The molecule has 3 N–H and O–H groups in total. The van der Waals surface area contributed by atoms with Gasteiger partial charge in [0, 0.05) is 35.5 Å². The smallest absolute Gasteiger partial charge is 0.255 e. The van der Waals surface area contributed by atoms with Crippen molar-refractivity contribution in [3.63, 3.8) is 0 Å². The fourth-order valence-electron chi connectivity index (χ4n) is 2.37. The standard InChI is InChI=1S/C20H23N3O3/c1-12(2)18(24)22-15-8-5-7-14(11-15)19(25)23-17-10-6-9-16(13(17)3)20(26)21-4/h5-12H,1-4H3,(H,21,26)(H,22,24)(H,23,25). The summed E-state index contributed by atoms with van der Waals surface area (Å²) < 4.78 is 0. The minimum atomic E-state index is -0.317. The van der Waals surface area contributed by atoms with E-state index in [1.807, 2.05) is 0 Å². The molecule has 0 aliphatic rings. The van der Waals surface area contributed by atoms with E-state index in [1.165, 1.54) is 0 Å². The third-order valence-corrected chi connectivity index (χ3v) is 3.97. The predicted molar refractivity (Wildman–Crippen MR) is 102 cm³/mol. The van der Waals surface area contributed by atoms with Gasteiger partial charge in [-0.15, -0.1) is 0 Å². The molecule has 0 aliphatic heterocycles. The first kappa shape index (κ1) is 19.2. The molecule has 3 amide bonds. The van der Waals surface area contributed by atoms with Gasteiger partial charge >= 0.3 is 0 Å². The van der Waals surface area contributed by atoms with E-state index in [-0.39, 0.29) is 23.6 Å². The highest BCUT2D eigenvalue weighted by Gasteiger charge is 2.14. The van der Waals surface area contributed by atoms with Crippen molar-refractivity contribution in [2.45, 2.75) is 20.8 Å². The molecule has 2 rings (SSSR count). The van der Waals surface area contributed by atoms with Crippen molar-refractivity contribution in [3.05, 3.63) is 59.2 Å². The van der Waals surface area contributed by atoms with E-state index in [1.54, 1.807) is 70.3 Å². The molecule has 26 heavy (non-hydrogen) atoms. The van der Waals surface area contributed by atoms with Gasteiger partial charge in [-0.2, -0.15) is 0 Å². The molecule has 6 heteroatoms. The van der Waals surface area contributed by atoms with Gasteiger partial charge < -0.3 is 16.0 Å². The van der Waals surface area contributed by atoms with Gasteiger partial charge in [-0.3, -0.25) is 14.4 Å². The van der Waals surface area contributed by atoms with Crippen LogP contribution in [-0.2, 0) is 4.79 Å². The molecular formula is C20H23N3O3. The highest BCUT2D eigenvalue weighted by atomic mass is 16.2. The summed E-state index contributed by atoms with van der Waals surface area (Å²) in [6.07, 6.45) is 0. The maximum atomic E-state index is 12.6. The van der Waals surface area contributed by atoms with Gasteiger partial charge in [0.25, 0.3) is 11.8 Å². The van der Waals surface area contributed by atoms with E-state index in [9.17, 15) is 14.4 Å². The lowest BCUT2D eigenvalue weighted by Gasteiger charge is -2.13. The average molecular weight is 353 g/mol. The molecule has 2 aromatic carbocycles. The number of carbonyl (C=O) groups is 3. The SMILES string of the molecule is CNC(=O)c1cccc(NC(=O)c2cccc(NC(=O)C(C)C)c2)c1C. The lowest BCUT2D eigenvalue weighted by atomic mass is 10.1. The summed E-state index contributed by atoms with van der Waals surface area (Å²) in [5, 5.41) is 8.17. The summed E-state index contributed by atoms with van der Waals surface area (Å²) in [6, 6.07) is 11.9. The second-order valence-corrected chi connectivity index (χ2v) is 6.24. The maximum Gasteiger partial charge on any atom is 0.255 e. The van der Waals surface area contributed by atoms with Crippen LogP contribution in [0.5, 0.6) is 0 Å². The Morgan fingerprint density at radius 1 is 0.923 bits per heavy atom. The van der Waals surface area contributed by atoms with Crippen LogP contribution in [0.4, 0.5) is 11.4 Å². The van der Waals surface area contributed by atoms with Crippen LogP contribution in [0.3, 0.4) is 0 Å². The molecule has 0 saturated carbocycles. The number of amides is 3. The number of hydrogen-bond donors (Lipinski definition) is 3. The van der Waals surface area contributed by atoms with E-state index >= 15 is 0 Å². The van der Waals surface area contributed by atoms with Crippen LogP contribution in [-0.4, -0.2) is 24.8 Å². The highest BCUT2D eigenvalue weighted by molar-refractivity contribution is 6.07. The van der Waals surface area contributed by atoms with Gasteiger partial charge in [0.05, 0.1) is 0 Å². The molecule has 0 fully saturated rings. The van der Waals surface area contributed by atoms with Crippen molar-refractivity contribution < 1.29 is 14.4 Å². The van der Waals surface area contributed by atoms with Crippen LogP contribution in [0.15, 0.2) is 42.5 Å². The molecule has 2 aromatic rings. The molecule has 0 radical (unpaired) electrons. The third-order valence-electron chi connectivity index (χ3n) is 3.97. The van der Waals surface area contributed by atoms with Crippen molar-refractivity contribution in [2.75, 3.05) is 17.7 Å². The largest absolute Gasteiger partial charge is 0.355 e. The fourth-order valence-corrected chi connectivity index (χ4v) is 2.37. The van der Waals surface area contributed by atoms with Crippen LogP contribution in [0.2, 0.25) is 0 Å². The summed E-state index contributed by atoms with van der Waals surface area (Å²) in [6.45, 7) is 5.38. The number of rotatable bonds is 5. The number of benzene rings is 2. The molecule has 136 valence electrons. The van der Waals surface area contributed by atoms with Gasteiger partial charge in [-0.05, 0) is 42.8 Å². The van der Waals surface area contributed by atoms with Crippen molar-refractivity contribution >= 4 is 29.1 Å². The number of carbonyl (C=O) groups excluding carboxylic acids is 3. The molecule has 0 unspecified atom stereocenters. The van der Waals surface area contributed by atoms with Gasteiger partial charge in [0.2, 0.25) is 5.91 Å². The molecule has 0 aromatic heterocycles.